The van der Waals surface area contributed by atoms with E-state index in [1.165, 1.54) is 30.0 Å². The summed E-state index contributed by atoms with van der Waals surface area (Å²) in [5.41, 5.74) is 0.585. The molecule has 0 saturated heterocycles. The van der Waals surface area contributed by atoms with E-state index in [0.717, 1.165) is 12.1 Å². The van der Waals surface area contributed by atoms with Gasteiger partial charge in [-0.15, -0.1) is 11.8 Å². The maximum atomic E-state index is 10.6. The van der Waals surface area contributed by atoms with Crippen molar-refractivity contribution in [3.8, 4) is 28.7 Å². The monoisotopic (exact) mass is 368 g/mol. The number of aliphatic hydroxyl groups is 2. The Labute approximate surface area is 148 Å². The van der Waals surface area contributed by atoms with Crippen molar-refractivity contribution in [3.05, 3.63) is 41.5 Å². The summed E-state index contributed by atoms with van der Waals surface area (Å²) in [6.07, 6.45) is -1.20. The maximum absolute atomic E-state index is 10.6. The maximum Gasteiger partial charge on any atom is 0.157 e. The summed E-state index contributed by atoms with van der Waals surface area (Å²) in [6.45, 7) is -0.117. The van der Waals surface area contributed by atoms with Crippen molar-refractivity contribution in [1.29, 1.82) is 0 Å². The third-order valence-corrected chi connectivity index (χ3v) is 5.03. The van der Waals surface area contributed by atoms with Gasteiger partial charge in [0.2, 0.25) is 0 Å². The topological polar surface area (TPSA) is 142 Å². The highest BCUT2D eigenvalue weighted by Gasteiger charge is 2.25. The average Bonchev–Trinajstić information content (AvgIpc) is 2.54. The molecule has 0 aliphatic carbocycles. The molecule has 0 aliphatic heterocycles. The molecule has 0 amide bonds. The molecule has 7 N–H and O–H groups in total. The summed E-state index contributed by atoms with van der Waals surface area (Å²) in [5, 5.41) is 67.2. The molecule has 0 heterocycles. The van der Waals surface area contributed by atoms with E-state index in [-0.39, 0.29) is 47.3 Å². The van der Waals surface area contributed by atoms with Gasteiger partial charge in [-0.25, -0.2) is 0 Å². The Balaban J connectivity index is 2.29. The van der Waals surface area contributed by atoms with Crippen LogP contribution in [-0.4, -0.2) is 54.2 Å². The lowest BCUT2D eigenvalue weighted by molar-refractivity contribution is 0.169. The van der Waals surface area contributed by atoms with Gasteiger partial charge in [0.25, 0.3) is 0 Å². The number of hydrogen-bond donors (Lipinski definition) is 7. The van der Waals surface area contributed by atoms with Gasteiger partial charge in [-0.1, -0.05) is 6.07 Å². The summed E-state index contributed by atoms with van der Waals surface area (Å²) < 4.78 is 0. The molecular weight excluding hydrogens is 348 g/mol. The lowest BCUT2D eigenvalue weighted by atomic mass is 9.99. The van der Waals surface area contributed by atoms with E-state index < -0.39 is 11.4 Å². The fourth-order valence-electron chi connectivity index (χ4n) is 2.48. The molecule has 0 fully saturated rings. The molecule has 0 radical (unpaired) electrons. The number of thioether (sulfide) groups is 1. The zero-order chi connectivity index (χ0) is 18.6. The second-order valence-corrected chi connectivity index (χ2v) is 6.75. The molecule has 2 rings (SSSR count). The molecule has 2 atom stereocenters. The third-order valence-electron chi connectivity index (χ3n) is 3.67. The van der Waals surface area contributed by atoms with Crippen LogP contribution in [0.3, 0.4) is 0 Å². The smallest absolute Gasteiger partial charge is 0.157 e. The van der Waals surface area contributed by atoms with Gasteiger partial charge in [0.1, 0.15) is 17.2 Å². The van der Waals surface area contributed by atoms with Crippen molar-refractivity contribution in [2.75, 3.05) is 12.4 Å². The van der Waals surface area contributed by atoms with E-state index >= 15 is 0 Å². The number of rotatable bonds is 7. The first-order valence-electron chi connectivity index (χ1n) is 7.49. The largest absolute Gasteiger partial charge is 0.508 e. The Hall–Kier alpha value is -2.29. The molecule has 25 heavy (non-hydrogen) atoms. The van der Waals surface area contributed by atoms with Crippen LogP contribution in [0.4, 0.5) is 0 Å². The van der Waals surface area contributed by atoms with Gasteiger partial charge in [-0.3, -0.25) is 0 Å². The number of aliphatic hydroxyl groups excluding tert-OH is 2. The average molecular weight is 368 g/mol. The van der Waals surface area contributed by atoms with Gasteiger partial charge in [0, 0.05) is 29.9 Å². The molecule has 0 spiro atoms. The van der Waals surface area contributed by atoms with E-state index in [9.17, 15) is 30.6 Å². The molecule has 0 aliphatic rings. The minimum absolute atomic E-state index is 0.0721. The minimum Gasteiger partial charge on any atom is -0.508 e. The first kappa shape index (κ1) is 19.0. The highest BCUT2D eigenvalue weighted by atomic mass is 32.2. The number of phenols is 5. The Morgan fingerprint density at radius 1 is 0.840 bits per heavy atom. The second kappa shape index (κ2) is 8.19. The van der Waals surface area contributed by atoms with Gasteiger partial charge in [-0.2, -0.15) is 0 Å². The predicted octanol–water partition coefficient (Wildman–Crippen LogP) is 1.58. The number of aromatic hydroxyl groups is 5. The summed E-state index contributed by atoms with van der Waals surface area (Å²) in [7, 11) is 0. The summed E-state index contributed by atoms with van der Waals surface area (Å²) in [4.78, 5) is 0. The summed E-state index contributed by atoms with van der Waals surface area (Å²) in [6, 6.07) is 6.25. The number of hydrogen-bond acceptors (Lipinski definition) is 8. The Morgan fingerprint density at radius 2 is 1.48 bits per heavy atom. The fraction of sp³-hybridized carbons (Fsp3) is 0.294. The van der Waals surface area contributed by atoms with Crippen molar-refractivity contribution in [2.24, 2.45) is 0 Å². The van der Waals surface area contributed by atoms with Crippen molar-refractivity contribution in [1.82, 2.24) is 0 Å². The Kier molecular flexibility index (Phi) is 6.24. The van der Waals surface area contributed by atoms with Gasteiger partial charge in [-0.05, 0) is 17.7 Å². The van der Waals surface area contributed by atoms with Crippen LogP contribution < -0.4 is 0 Å². The number of benzene rings is 2. The first-order chi connectivity index (χ1) is 11.8. The van der Waals surface area contributed by atoms with Gasteiger partial charge >= 0.3 is 0 Å². The highest BCUT2D eigenvalue weighted by Crippen LogP contribution is 2.40. The minimum atomic E-state index is -1.08. The second-order valence-electron chi connectivity index (χ2n) is 5.50. The standard InChI is InChI=1S/C17H20O7S/c18-3-4-25-17(9-1-2-12(20)15(23)5-9)16(24)8-11-13(21)6-10(19)7-14(11)22/h1-2,5-7,16-24H,3-4,8H2/t16?,17-/m1/s1. The van der Waals surface area contributed by atoms with E-state index in [0.29, 0.717) is 11.3 Å². The summed E-state index contributed by atoms with van der Waals surface area (Å²) in [5.74, 6) is -1.32. The van der Waals surface area contributed by atoms with Crippen LogP contribution in [0.25, 0.3) is 0 Å². The van der Waals surface area contributed by atoms with Gasteiger partial charge < -0.3 is 35.7 Å². The Morgan fingerprint density at radius 3 is 2.04 bits per heavy atom. The first-order valence-corrected chi connectivity index (χ1v) is 8.54. The zero-order valence-corrected chi connectivity index (χ0v) is 14.0. The highest BCUT2D eigenvalue weighted by molar-refractivity contribution is 7.99. The fourth-order valence-corrected chi connectivity index (χ4v) is 3.50. The SMILES string of the molecule is OCCS[C@H](c1ccc(O)c(O)c1)C(O)Cc1c(O)cc(O)cc1O. The molecule has 0 saturated carbocycles. The molecule has 8 heteroatoms. The van der Waals surface area contributed by atoms with E-state index in [4.69, 9.17) is 5.11 Å². The van der Waals surface area contributed by atoms with Crippen molar-refractivity contribution in [2.45, 2.75) is 17.8 Å². The molecular formula is C17H20O7S. The lowest BCUT2D eigenvalue weighted by Crippen LogP contribution is -2.20. The van der Waals surface area contributed by atoms with Crippen LogP contribution in [0, 0.1) is 0 Å². The van der Waals surface area contributed by atoms with Crippen LogP contribution in [-0.2, 0) is 6.42 Å². The quantitative estimate of drug-likeness (QED) is 0.365. The lowest BCUT2D eigenvalue weighted by Gasteiger charge is -2.24. The molecule has 0 aromatic heterocycles. The van der Waals surface area contributed by atoms with Crippen LogP contribution in [0.15, 0.2) is 30.3 Å². The predicted molar refractivity (Wildman–Crippen MR) is 93.2 cm³/mol. The molecule has 136 valence electrons. The zero-order valence-electron chi connectivity index (χ0n) is 13.2. The molecule has 2 aromatic carbocycles. The Bertz CT molecular complexity index is 712. The molecule has 7 nitrogen and oxygen atoms in total. The van der Waals surface area contributed by atoms with Crippen molar-refractivity contribution >= 4 is 11.8 Å². The summed E-state index contributed by atoms with van der Waals surface area (Å²) >= 11 is 1.23. The van der Waals surface area contributed by atoms with Crippen molar-refractivity contribution in [3.63, 3.8) is 0 Å². The van der Waals surface area contributed by atoms with Crippen LogP contribution >= 0.6 is 11.8 Å². The number of phenolic OH excluding ortho intramolecular Hbond substituents is 5. The normalized spacial score (nSPS) is 13.5. The van der Waals surface area contributed by atoms with E-state index in [1.54, 1.807) is 0 Å². The van der Waals surface area contributed by atoms with Gasteiger partial charge in [0.15, 0.2) is 11.5 Å². The third kappa shape index (κ3) is 4.62. The van der Waals surface area contributed by atoms with Crippen LogP contribution in [0.2, 0.25) is 0 Å². The molecule has 2 aromatic rings. The van der Waals surface area contributed by atoms with E-state index in [1.807, 2.05) is 0 Å². The molecule has 1 unspecified atom stereocenters. The van der Waals surface area contributed by atoms with Gasteiger partial charge in [0.05, 0.1) is 18.0 Å². The van der Waals surface area contributed by atoms with Crippen LogP contribution in [0.5, 0.6) is 28.7 Å². The van der Waals surface area contributed by atoms with Crippen LogP contribution in [0.1, 0.15) is 16.4 Å². The van der Waals surface area contributed by atoms with Crippen molar-refractivity contribution < 1.29 is 35.7 Å². The molecule has 0 bridgehead atoms. The van der Waals surface area contributed by atoms with E-state index in [2.05, 4.69) is 0 Å².